The Labute approximate surface area is 199 Å². The first kappa shape index (κ1) is 22.5. The summed E-state index contributed by atoms with van der Waals surface area (Å²) in [6, 6.07) is 19.6. The fraction of sp³-hybridized carbons (Fsp3) is 0.269. The number of nitrogens with zero attached hydrogens (tertiary/aromatic N) is 1. The maximum absolute atomic E-state index is 13.2. The highest BCUT2D eigenvalue weighted by Gasteiger charge is 2.20. The van der Waals surface area contributed by atoms with Gasteiger partial charge in [-0.3, -0.25) is 0 Å². The quantitative estimate of drug-likeness (QED) is 0.427. The zero-order chi connectivity index (χ0) is 22.5. The van der Waals surface area contributed by atoms with Crippen LogP contribution in [-0.4, -0.2) is 24.1 Å². The first-order chi connectivity index (χ1) is 15.5. The Bertz CT molecular complexity index is 1100. The van der Waals surface area contributed by atoms with Crippen LogP contribution in [0.2, 0.25) is 10.0 Å². The van der Waals surface area contributed by atoms with E-state index in [-0.39, 0.29) is 6.09 Å². The summed E-state index contributed by atoms with van der Waals surface area (Å²) in [5, 5.41) is 4.41. The number of hydrogen-bond acceptors (Lipinski definition) is 3. The Morgan fingerprint density at radius 1 is 1.03 bits per heavy atom. The van der Waals surface area contributed by atoms with Gasteiger partial charge in [-0.25, -0.2) is 4.79 Å². The van der Waals surface area contributed by atoms with E-state index in [1.807, 2.05) is 43.3 Å². The average molecular weight is 469 g/mol. The van der Waals surface area contributed by atoms with Gasteiger partial charge in [0.1, 0.15) is 0 Å². The molecule has 4 rings (SSSR count). The number of fused-ring (bicyclic) bond motifs is 1. The number of carbonyl (C=O) groups excluding carboxylic acids is 1. The SMILES string of the molecule is Cc1ccc(CN(CCc2ccc(Cl)c(Cl)c2)C(=O)Oc2cccc3c2NCCC3)cc1. The van der Waals surface area contributed by atoms with Gasteiger partial charge in [-0.1, -0.05) is 71.2 Å². The second-order valence-electron chi connectivity index (χ2n) is 8.09. The molecule has 0 bridgehead atoms. The van der Waals surface area contributed by atoms with Crippen molar-refractivity contribution in [2.24, 2.45) is 0 Å². The Morgan fingerprint density at radius 3 is 2.59 bits per heavy atom. The fourth-order valence-electron chi connectivity index (χ4n) is 3.83. The first-order valence-electron chi connectivity index (χ1n) is 10.8. The molecular formula is C26H26Cl2N2O2. The molecule has 32 heavy (non-hydrogen) atoms. The van der Waals surface area contributed by atoms with Crippen LogP contribution in [0.4, 0.5) is 10.5 Å². The molecule has 0 spiro atoms. The lowest BCUT2D eigenvalue weighted by Gasteiger charge is -2.25. The average Bonchev–Trinajstić information content (AvgIpc) is 2.80. The molecule has 1 N–H and O–H groups in total. The molecule has 1 aliphatic rings. The van der Waals surface area contributed by atoms with Gasteiger partial charge in [0.15, 0.2) is 5.75 Å². The van der Waals surface area contributed by atoms with Gasteiger partial charge in [-0.15, -0.1) is 0 Å². The van der Waals surface area contributed by atoms with Crippen molar-refractivity contribution in [3.05, 3.63) is 93.0 Å². The van der Waals surface area contributed by atoms with Crippen molar-refractivity contribution in [1.29, 1.82) is 0 Å². The lowest BCUT2D eigenvalue weighted by Crippen LogP contribution is -2.35. The molecule has 0 saturated carbocycles. The van der Waals surface area contributed by atoms with Crippen LogP contribution >= 0.6 is 23.2 Å². The Kier molecular flexibility index (Phi) is 7.23. The molecule has 4 nitrogen and oxygen atoms in total. The predicted molar refractivity (Wildman–Crippen MR) is 131 cm³/mol. The van der Waals surface area contributed by atoms with Crippen molar-refractivity contribution in [2.45, 2.75) is 32.7 Å². The molecule has 0 fully saturated rings. The zero-order valence-electron chi connectivity index (χ0n) is 18.0. The standard InChI is InChI=1S/C26H26Cl2N2O2/c1-18-7-9-20(10-8-18)17-30(15-13-19-11-12-22(27)23(28)16-19)26(31)32-24-6-2-4-21-5-3-14-29-25(21)24/h2,4,6-12,16,29H,3,5,13-15,17H2,1H3. The first-order valence-corrected chi connectivity index (χ1v) is 11.6. The Balaban J connectivity index is 1.52. The molecule has 0 unspecified atom stereocenters. The largest absolute Gasteiger partial charge is 0.415 e. The number of ether oxygens (including phenoxy) is 1. The van der Waals surface area contributed by atoms with Crippen molar-refractivity contribution in [3.63, 3.8) is 0 Å². The summed E-state index contributed by atoms with van der Waals surface area (Å²) < 4.78 is 5.88. The maximum Gasteiger partial charge on any atom is 0.415 e. The van der Waals surface area contributed by atoms with E-state index in [4.69, 9.17) is 27.9 Å². The number of benzene rings is 3. The summed E-state index contributed by atoms with van der Waals surface area (Å²) in [6.07, 6.45) is 2.33. The molecular weight excluding hydrogens is 443 g/mol. The second kappa shape index (κ2) is 10.3. The lowest BCUT2D eigenvalue weighted by atomic mass is 10.0. The Hall–Kier alpha value is -2.69. The van der Waals surface area contributed by atoms with Crippen molar-refractivity contribution in [3.8, 4) is 5.75 Å². The van der Waals surface area contributed by atoms with Gasteiger partial charge < -0.3 is 15.0 Å². The molecule has 1 amide bonds. The molecule has 0 aromatic heterocycles. The topological polar surface area (TPSA) is 41.6 Å². The molecule has 3 aromatic rings. The molecule has 0 radical (unpaired) electrons. The van der Waals surface area contributed by atoms with E-state index in [1.165, 1.54) is 11.1 Å². The fourth-order valence-corrected chi connectivity index (χ4v) is 4.15. The highest BCUT2D eigenvalue weighted by Crippen LogP contribution is 2.32. The van der Waals surface area contributed by atoms with Crippen LogP contribution in [-0.2, 0) is 19.4 Å². The smallest absolute Gasteiger partial charge is 0.408 e. The third-order valence-electron chi connectivity index (χ3n) is 5.64. The molecule has 6 heteroatoms. The number of halogens is 2. The van der Waals surface area contributed by atoms with Crippen LogP contribution in [0, 0.1) is 6.92 Å². The summed E-state index contributed by atoms with van der Waals surface area (Å²) in [7, 11) is 0. The second-order valence-corrected chi connectivity index (χ2v) is 8.91. The summed E-state index contributed by atoms with van der Waals surface area (Å²) in [5.41, 5.74) is 5.35. The minimum Gasteiger partial charge on any atom is -0.408 e. The summed E-state index contributed by atoms with van der Waals surface area (Å²) in [4.78, 5) is 15.0. The number of para-hydroxylation sites is 1. The number of aryl methyl sites for hydroxylation is 2. The number of nitrogens with one attached hydrogen (secondary N) is 1. The van der Waals surface area contributed by atoms with E-state index in [2.05, 4.69) is 23.5 Å². The maximum atomic E-state index is 13.2. The van der Waals surface area contributed by atoms with E-state index >= 15 is 0 Å². The number of hydrogen-bond donors (Lipinski definition) is 1. The van der Waals surface area contributed by atoms with Gasteiger partial charge in [-0.05, 0) is 61.1 Å². The monoisotopic (exact) mass is 468 g/mol. The van der Waals surface area contributed by atoms with Gasteiger partial charge in [-0.2, -0.15) is 0 Å². The molecule has 3 aromatic carbocycles. The summed E-state index contributed by atoms with van der Waals surface area (Å²) in [6.45, 7) is 3.88. The van der Waals surface area contributed by atoms with Crippen molar-refractivity contribution in [2.75, 3.05) is 18.4 Å². The summed E-state index contributed by atoms with van der Waals surface area (Å²) in [5.74, 6) is 0.579. The van der Waals surface area contributed by atoms with Crippen LogP contribution < -0.4 is 10.1 Å². The lowest BCUT2D eigenvalue weighted by molar-refractivity contribution is 0.150. The normalized spacial score (nSPS) is 12.6. The number of amides is 1. The number of rotatable bonds is 6. The minimum absolute atomic E-state index is 0.369. The highest BCUT2D eigenvalue weighted by atomic mass is 35.5. The highest BCUT2D eigenvalue weighted by molar-refractivity contribution is 6.42. The van der Waals surface area contributed by atoms with E-state index in [1.54, 1.807) is 11.0 Å². The van der Waals surface area contributed by atoms with Gasteiger partial charge in [0.05, 0.1) is 15.7 Å². The molecule has 166 valence electrons. The molecule has 1 heterocycles. The molecule has 0 aliphatic carbocycles. The van der Waals surface area contributed by atoms with Crippen molar-refractivity contribution in [1.82, 2.24) is 4.90 Å². The van der Waals surface area contributed by atoms with Crippen LogP contribution in [0.1, 0.15) is 28.7 Å². The van der Waals surface area contributed by atoms with E-state index in [9.17, 15) is 4.79 Å². The van der Waals surface area contributed by atoms with Crippen molar-refractivity contribution >= 4 is 35.0 Å². The number of anilines is 1. The molecule has 1 aliphatic heterocycles. The molecule has 0 atom stereocenters. The zero-order valence-corrected chi connectivity index (χ0v) is 19.5. The van der Waals surface area contributed by atoms with E-state index in [0.29, 0.717) is 35.3 Å². The molecule has 0 saturated heterocycles. The van der Waals surface area contributed by atoms with Gasteiger partial charge in [0.25, 0.3) is 0 Å². The van der Waals surface area contributed by atoms with Crippen LogP contribution in [0.5, 0.6) is 5.75 Å². The predicted octanol–water partition coefficient (Wildman–Crippen LogP) is 6.90. The van der Waals surface area contributed by atoms with Gasteiger partial charge in [0.2, 0.25) is 0 Å². The number of carbonyl (C=O) groups is 1. The van der Waals surface area contributed by atoms with Crippen molar-refractivity contribution < 1.29 is 9.53 Å². The van der Waals surface area contributed by atoms with Crippen LogP contribution in [0.15, 0.2) is 60.7 Å². The van der Waals surface area contributed by atoms with E-state index in [0.717, 1.165) is 36.2 Å². The van der Waals surface area contributed by atoms with E-state index < -0.39 is 0 Å². The summed E-state index contributed by atoms with van der Waals surface area (Å²) >= 11 is 12.2. The van der Waals surface area contributed by atoms with Gasteiger partial charge in [0, 0.05) is 19.6 Å². The minimum atomic E-state index is -0.369. The Morgan fingerprint density at radius 2 is 1.81 bits per heavy atom. The van der Waals surface area contributed by atoms with Crippen LogP contribution in [0.3, 0.4) is 0 Å². The van der Waals surface area contributed by atoms with Crippen LogP contribution in [0.25, 0.3) is 0 Å². The van der Waals surface area contributed by atoms with Gasteiger partial charge >= 0.3 is 6.09 Å². The third-order valence-corrected chi connectivity index (χ3v) is 6.38. The third kappa shape index (κ3) is 5.56.